The highest BCUT2D eigenvalue weighted by Crippen LogP contribution is 2.26. The van der Waals surface area contributed by atoms with Crippen LogP contribution in [0, 0.1) is 11.3 Å². The van der Waals surface area contributed by atoms with Crippen LogP contribution in [0.15, 0.2) is 24.3 Å². The number of ether oxygens (including phenoxy) is 2. The van der Waals surface area contributed by atoms with Crippen LogP contribution in [0.25, 0.3) is 0 Å². The molecule has 3 heteroatoms. The van der Waals surface area contributed by atoms with Gasteiger partial charge in [-0.3, -0.25) is 0 Å². The van der Waals surface area contributed by atoms with Crippen molar-refractivity contribution in [3.05, 3.63) is 29.8 Å². The Bertz CT molecular complexity index is 390. The van der Waals surface area contributed by atoms with Crippen molar-refractivity contribution in [3.8, 4) is 5.75 Å². The van der Waals surface area contributed by atoms with Crippen LogP contribution in [0.1, 0.15) is 46.6 Å². The maximum absolute atomic E-state index is 8.91. The van der Waals surface area contributed by atoms with Gasteiger partial charge in [-0.05, 0) is 36.5 Å². The summed E-state index contributed by atoms with van der Waals surface area (Å²) in [6, 6.07) is 8.22. The molecule has 21 heavy (non-hydrogen) atoms. The lowest BCUT2D eigenvalue weighted by molar-refractivity contribution is -0.146. The molecule has 0 radical (unpaired) electrons. The van der Waals surface area contributed by atoms with E-state index >= 15 is 0 Å². The molecule has 1 aromatic rings. The minimum absolute atomic E-state index is 0.00405. The highest BCUT2D eigenvalue weighted by Gasteiger charge is 2.27. The highest BCUT2D eigenvalue weighted by molar-refractivity contribution is 5.27. The lowest BCUT2D eigenvalue weighted by Gasteiger charge is -2.30. The average Bonchev–Trinajstić information content (AvgIpc) is 2.41. The van der Waals surface area contributed by atoms with Gasteiger partial charge in [0, 0.05) is 5.41 Å². The Kier molecular flexibility index (Phi) is 7.20. The molecule has 1 rings (SSSR count). The van der Waals surface area contributed by atoms with Crippen LogP contribution in [0.5, 0.6) is 5.75 Å². The molecule has 1 atom stereocenters. The first-order chi connectivity index (χ1) is 9.82. The van der Waals surface area contributed by atoms with Crippen LogP contribution in [0.3, 0.4) is 0 Å². The number of benzene rings is 1. The molecular weight excluding hydrogens is 264 g/mol. The Morgan fingerprint density at radius 2 is 1.71 bits per heavy atom. The van der Waals surface area contributed by atoms with Crippen molar-refractivity contribution in [1.29, 1.82) is 0 Å². The number of aryl methyl sites for hydroxylation is 1. The monoisotopic (exact) mass is 294 g/mol. The van der Waals surface area contributed by atoms with Gasteiger partial charge in [-0.1, -0.05) is 46.8 Å². The van der Waals surface area contributed by atoms with Crippen molar-refractivity contribution in [3.63, 3.8) is 0 Å². The second-order valence-electron chi connectivity index (χ2n) is 6.99. The summed E-state index contributed by atoms with van der Waals surface area (Å²) >= 11 is 0. The molecule has 0 heterocycles. The van der Waals surface area contributed by atoms with Crippen molar-refractivity contribution in [2.75, 3.05) is 13.2 Å². The van der Waals surface area contributed by atoms with Crippen LogP contribution in [-0.4, -0.2) is 24.6 Å². The van der Waals surface area contributed by atoms with Crippen molar-refractivity contribution >= 4 is 0 Å². The van der Waals surface area contributed by atoms with Gasteiger partial charge in [-0.2, -0.15) is 0 Å². The molecule has 120 valence electrons. The maximum atomic E-state index is 8.91. The van der Waals surface area contributed by atoms with Gasteiger partial charge in [0.15, 0.2) is 0 Å². The van der Waals surface area contributed by atoms with Crippen LogP contribution in [0.4, 0.5) is 0 Å². The van der Waals surface area contributed by atoms with E-state index < -0.39 is 0 Å². The fraction of sp³-hybridized carbons (Fsp3) is 0.667. The second-order valence-corrected chi connectivity index (χ2v) is 6.99. The molecule has 1 aromatic carbocycles. The fourth-order valence-corrected chi connectivity index (χ4v) is 1.93. The average molecular weight is 294 g/mol. The largest absolute Gasteiger partial charge is 0.464 e. The summed E-state index contributed by atoms with van der Waals surface area (Å²) in [7, 11) is 0. The van der Waals surface area contributed by atoms with Gasteiger partial charge in [0.2, 0.25) is 6.29 Å². The maximum Gasteiger partial charge on any atom is 0.204 e. The van der Waals surface area contributed by atoms with E-state index in [0.29, 0.717) is 0 Å². The normalized spacial score (nSPS) is 13.5. The number of aliphatic hydroxyl groups is 1. The number of rotatable bonds is 8. The van der Waals surface area contributed by atoms with E-state index in [-0.39, 0.29) is 24.9 Å². The molecule has 0 aliphatic carbocycles. The first-order valence-corrected chi connectivity index (χ1v) is 7.81. The van der Waals surface area contributed by atoms with Crippen LogP contribution in [0.2, 0.25) is 0 Å². The molecule has 0 saturated heterocycles. The van der Waals surface area contributed by atoms with E-state index in [1.54, 1.807) is 0 Å². The minimum atomic E-state index is -0.369. The molecule has 0 fully saturated rings. The van der Waals surface area contributed by atoms with Crippen molar-refractivity contribution < 1.29 is 14.6 Å². The predicted molar refractivity (Wildman–Crippen MR) is 86.5 cm³/mol. The van der Waals surface area contributed by atoms with Gasteiger partial charge in [0.1, 0.15) is 5.75 Å². The van der Waals surface area contributed by atoms with Crippen molar-refractivity contribution in [1.82, 2.24) is 0 Å². The Balaban J connectivity index is 2.63. The third-order valence-electron chi connectivity index (χ3n) is 3.24. The molecular formula is C18H30O3. The molecule has 0 aliphatic rings. The smallest absolute Gasteiger partial charge is 0.204 e. The van der Waals surface area contributed by atoms with Gasteiger partial charge >= 0.3 is 0 Å². The zero-order valence-electron chi connectivity index (χ0n) is 14.1. The molecule has 0 spiro atoms. The third-order valence-corrected chi connectivity index (χ3v) is 3.24. The summed E-state index contributed by atoms with van der Waals surface area (Å²) < 4.78 is 11.5. The number of aliphatic hydroxyl groups excluding tert-OH is 1. The zero-order valence-corrected chi connectivity index (χ0v) is 14.1. The molecule has 3 nitrogen and oxygen atoms in total. The molecule has 0 amide bonds. The van der Waals surface area contributed by atoms with Crippen LogP contribution < -0.4 is 4.74 Å². The molecule has 0 bridgehead atoms. The standard InChI is InChI=1S/C18H30O3/c1-14(2)6-7-15-8-10-16(11-9-15)21-17(18(3,4)5)20-13-12-19/h8-11,14,17,19H,6-7,12-13H2,1-5H3. The van der Waals surface area contributed by atoms with Gasteiger partial charge < -0.3 is 14.6 Å². The quantitative estimate of drug-likeness (QED) is 0.736. The Morgan fingerprint density at radius 1 is 1.10 bits per heavy atom. The predicted octanol–water partition coefficient (Wildman–Crippen LogP) is 4.04. The SMILES string of the molecule is CC(C)CCc1ccc(OC(OCCO)C(C)(C)C)cc1. The van der Waals surface area contributed by atoms with Gasteiger partial charge in [0.25, 0.3) is 0 Å². The summed E-state index contributed by atoms with van der Waals surface area (Å²) in [6.45, 7) is 11.0. The fourth-order valence-electron chi connectivity index (χ4n) is 1.93. The highest BCUT2D eigenvalue weighted by atomic mass is 16.7. The molecule has 1 unspecified atom stereocenters. The summed E-state index contributed by atoms with van der Waals surface area (Å²) in [6.07, 6.45) is 1.93. The molecule has 0 aromatic heterocycles. The van der Waals surface area contributed by atoms with E-state index in [1.807, 2.05) is 12.1 Å². The van der Waals surface area contributed by atoms with E-state index in [2.05, 4.69) is 46.8 Å². The summed E-state index contributed by atoms with van der Waals surface area (Å²) in [5, 5.41) is 8.91. The lowest BCUT2D eigenvalue weighted by Crippen LogP contribution is -2.35. The van der Waals surface area contributed by atoms with Crippen LogP contribution in [-0.2, 0) is 11.2 Å². The van der Waals surface area contributed by atoms with Crippen LogP contribution >= 0.6 is 0 Å². The third kappa shape index (κ3) is 6.96. The van der Waals surface area contributed by atoms with Gasteiger partial charge in [-0.25, -0.2) is 0 Å². The number of hydrogen-bond acceptors (Lipinski definition) is 3. The summed E-state index contributed by atoms with van der Waals surface area (Å²) in [5.74, 6) is 1.53. The summed E-state index contributed by atoms with van der Waals surface area (Å²) in [5.41, 5.74) is 1.19. The topological polar surface area (TPSA) is 38.7 Å². The molecule has 0 aliphatic heterocycles. The Morgan fingerprint density at radius 3 is 2.19 bits per heavy atom. The lowest BCUT2D eigenvalue weighted by atomic mass is 9.96. The van der Waals surface area contributed by atoms with E-state index in [9.17, 15) is 0 Å². The van der Waals surface area contributed by atoms with Crippen molar-refractivity contribution in [2.45, 2.75) is 53.8 Å². The summed E-state index contributed by atoms with van der Waals surface area (Å²) in [4.78, 5) is 0. The molecule has 1 N–H and O–H groups in total. The first-order valence-electron chi connectivity index (χ1n) is 7.81. The van der Waals surface area contributed by atoms with Gasteiger partial charge in [-0.15, -0.1) is 0 Å². The Labute approximate surface area is 129 Å². The first kappa shape index (κ1) is 18.0. The van der Waals surface area contributed by atoms with E-state index in [1.165, 1.54) is 12.0 Å². The van der Waals surface area contributed by atoms with Crippen molar-refractivity contribution in [2.24, 2.45) is 11.3 Å². The van der Waals surface area contributed by atoms with Gasteiger partial charge in [0.05, 0.1) is 13.2 Å². The number of hydrogen-bond donors (Lipinski definition) is 1. The minimum Gasteiger partial charge on any atom is -0.464 e. The van der Waals surface area contributed by atoms with E-state index in [4.69, 9.17) is 14.6 Å². The Hall–Kier alpha value is -1.06. The second kappa shape index (κ2) is 8.40. The molecule has 0 saturated carbocycles. The zero-order chi connectivity index (χ0) is 15.9. The van der Waals surface area contributed by atoms with E-state index in [0.717, 1.165) is 18.1 Å².